The predicted octanol–water partition coefficient (Wildman–Crippen LogP) is 1.33. The van der Waals surface area contributed by atoms with Crippen LogP contribution in [0.4, 0.5) is 4.79 Å². The lowest BCUT2D eigenvalue weighted by Gasteiger charge is -2.29. The summed E-state index contributed by atoms with van der Waals surface area (Å²) in [5.41, 5.74) is -0.903. The highest BCUT2D eigenvalue weighted by atomic mass is 35.5. The van der Waals surface area contributed by atoms with Crippen LogP contribution in [-0.2, 0) is 19.0 Å². The van der Waals surface area contributed by atoms with Crippen LogP contribution in [0.25, 0.3) is 0 Å². The molecule has 0 atom stereocenters. The second-order valence-electron chi connectivity index (χ2n) is 3.57. The highest BCUT2D eigenvalue weighted by molar-refractivity contribution is 6.17. The lowest BCUT2D eigenvalue weighted by molar-refractivity contribution is -0.166. The van der Waals surface area contributed by atoms with E-state index in [0.29, 0.717) is 12.3 Å². The molecular weight excluding hydrogens is 224 g/mol. The zero-order chi connectivity index (χ0) is 11.3. The SMILES string of the molecule is CC1(C(=O)OCCCCl)COC(=O)OC1. The number of rotatable bonds is 4. The molecule has 0 aromatic rings. The van der Waals surface area contributed by atoms with Crippen molar-refractivity contribution in [3.05, 3.63) is 0 Å². The molecule has 1 rings (SSSR count). The Kier molecular flexibility index (Phi) is 4.20. The molecule has 15 heavy (non-hydrogen) atoms. The molecule has 1 saturated heterocycles. The first-order valence-electron chi connectivity index (χ1n) is 4.61. The quantitative estimate of drug-likeness (QED) is 0.419. The van der Waals surface area contributed by atoms with Crippen LogP contribution >= 0.6 is 11.6 Å². The summed E-state index contributed by atoms with van der Waals surface area (Å²) in [6, 6.07) is 0. The summed E-state index contributed by atoms with van der Waals surface area (Å²) in [4.78, 5) is 22.2. The molecular formula is C9H13ClO5. The number of ether oxygens (including phenoxy) is 3. The van der Waals surface area contributed by atoms with Crippen molar-refractivity contribution >= 4 is 23.7 Å². The molecule has 86 valence electrons. The standard InChI is InChI=1S/C9H13ClO5/c1-9(5-14-8(12)15-6-9)7(11)13-4-2-3-10/h2-6H2,1H3. The molecule has 0 N–H and O–H groups in total. The van der Waals surface area contributed by atoms with Crippen LogP contribution < -0.4 is 0 Å². The highest BCUT2D eigenvalue weighted by Gasteiger charge is 2.41. The molecule has 0 saturated carbocycles. The van der Waals surface area contributed by atoms with E-state index in [0.717, 1.165) is 0 Å². The van der Waals surface area contributed by atoms with E-state index >= 15 is 0 Å². The average molecular weight is 237 g/mol. The van der Waals surface area contributed by atoms with Gasteiger partial charge in [0.2, 0.25) is 0 Å². The minimum absolute atomic E-state index is 0.00839. The van der Waals surface area contributed by atoms with Crippen LogP contribution in [0.15, 0.2) is 0 Å². The van der Waals surface area contributed by atoms with Crippen molar-refractivity contribution in [3.8, 4) is 0 Å². The van der Waals surface area contributed by atoms with E-state index in [4.69, 9.17) is 16.3 Å². The van der Waals surface area contributed by atoms with Crippen LogP contribution in [0.1, 0.15) is 13.3 Å². The van der Waals surface area contributed by atoms with Crippen LogP contribution in [0.2, 0.25) is 0 Å². The van der Waals surface area contributed by atoms with Gasteiger partial charge in [0.15, 0.2) is 0 Å². The first-order valence-corrected chi connectivity index (χ1v) is 5.15. The number of alkyl halides is 1. The van der Waals surface area contributed by atoms with Crippen LogP contribution in [0, 0.1) is 5.41 Å². The summed E-state index contributed by atoms with van der Waals surface area (Å²) in [6.07, 6.45) is -0.148. The maximum absolute atomic E-state index is 11.6. The number of cyclic esters (lactones) is 2. The Hall–Kier alpha value is -0.970. The molecule has 0 radical (unpaired) electrons. The minimum atomic E-state index is -0.903. The molecule has 0 aromatic carbocycles. The van der Waals surface area contributed by atoms with Gasteiger partial charge in [-0.05, 0) is 13.3 Å². The van der Waals surface area contributed by atoms with E-state index < -0.39 is 17.5 Å². The van der Waals surface area contributed by atoms with Crippen LogP contribution in [0.3, 0.4) is 0 Å². The monoisotopic (exact) mass is 236 g/mol. The van der Waals surface area contributed by atoms with Gasteiger partial charge >= 0.3 is 12.1 Å². The number of esters is 1. The molecule has 5 nitrogen and oxygen atoms in total. The van der Waals surface area contributed by atoms with Crippen molar-refractivity contribution in [1.29, 1.82) is 0 Å². The maximum atomic E-state index is 11.6. The third-order valence-corrected chi connectivity index (χ3v) is 2.29. The topological polar surface area (TPSA) is 61.8 Å². The third-order valence-electron chi connectivity index (χ3n) is 2.02. The van der Waals surface area contributed by atoms with Gasteiger partial charge in [-0.1, -0.05) is 0 Å². The zero-order valence-electron chi connectivity index (χ0n) is 8.45. The fourth-order valence-electron chi connectivity index (χ4n) is 1.03. The maximum Gasteiger partial charge on any atom is 0.508 e. The molecule has 1 aliphatic heterocycles. The summed E-state index contributed by atoms with van der Waals surface area (Å²) in [7, 11) is 0. The Morgan fingerprint density at radius 2 is 2.13 bits per heavy atom. The molecule has 0 aliphatic carbocycles. The lowest BCUT2D eigenvalue weighted by atomic mass is 9.93. The van der Waals surface area contributed by atoms with E-state index in [1.54, 1.807) is 6.92 Å². The van der Waals surface area contributed by atoms with Gasteiger partial charge in [-0.25, -0.2) is 4.79 Å². The Morgan fingerprint density at radius 3 is 2.67 bits per heavy atom. The molecule has 1 aliphatic rings. The molecule has 0 aromatic heterocycles. The van der Waals surface area contributed by atoms with Gasteiger partial charge in [0.25, 0.3) is 0 Å². The normalized spacial score (nSPS) is 18.9. The largest absolute Gasteiger partial charge is 0.508 e. The van der Waals surface area contributed by atoms with E-state index in [2.05, 4.69) is 9.47 Å². The summed E-state index contributed by atoms with van der Waals surface area (Å²) in [5.74, 6) is 0.00951. The summed E-state index contributed by atoms with van der Waals surface area (Å²) in [5, 5.41) is 0. The van der Waals surface area contributed by atoms with Gasteiger partial charge < -0.3 is 14.2 Å². The highest BCUT2D eigenvalue weighted by Crippen LogP contribution is 2.23. The fraction of sp³-hybridized carbons (Fsp3) is 0.778. The first kappa shape index (κ1) is 12.1. The Morgan fingerprint density at radius 1 is 1.53 bits per heavy atom. The third kappa shape index (κ3) is 3.27. The second-order valence-corrected chi connectivity index (χ2v) is 3.94. The number of hydrogen-bond acceptors (Lipinski definition) is 5. The summed E-state index contributed by atoms with van der Waals surface area (Å²) < 4.78 is 14.2. The van der Waals surface area contributed by atoms with Crippen molar-refractivity contribution in [2.24, 2.45) is 5.41 Å². The first-order chi connectivity index (χ1) is 7.08. The molecule has 0 unspecified atom stereocenters. The Balaban J connectivity index is 2.40. The van der Waals surface area contributed by atoms with Crippen molar-refractivity contribution in [2.75, 3.05) is 25.7 Å². The van der Waals surface area contributed by atoms with Crippen molar-refractivity contribution in [1.82, 2.24) is 0 Å². The van der Waals surface area contributed by atoms with Gasteiger partial charge in [0, 0.05) is 5.88 Å². The Labute approximate surface area is 92.6 Å². The zero-order valence-corrected chi connectivity index (χ0v) is 9.21. The summed E-state index contributed by atoms with van der Waals surface area (Å²) >= 11 is 5.44. The van der Waals surface area contributed by atoms with Gasteiger partial charge in [-0.15, -0.1) is 11.6 Å². The van der Waals surface area contributed by atoms with Crippen molar-refractivity contribution in [3.63, 3.8) is 0 Å². The van der Waals surface area contributed by atoms with Crippen LogP contribution in [-0.4, -0.2) is 37.8 Å². The van der Waals surface area contributed by atoms with Crippen molar-refractivity contribution in [2.45, 2.75) is 13.3 Å². The van der Waals surface area contributed by atoms with Crippen LogP contribution in [0.5, 0.6) is 0 Å². The molecule has 0 bridgehead atoms. The van der Waals surface area contributed by atoms with Gasteiger partial charge in [0.05, 0.1) is 6.61 Å². The van der Waals surface area contributed by atoms with Gasteiger partial charge in [0.1, 0.15) is 18.6 Å². The molecule has 6 heteroatoms. The molecule has 1 fully saturated rings. The molecule has 1 heterocycles. The second kappa shape index (κ2) is 5.21. The lowest BCUT2D eigenvalue weighted by Crippen LogP contribution is -2.44. The molecule has 0 spiro atoms. The van der Waals surface area contributed by atoms with E-state index in [1.165, 1.54) is 0 Å². The molecule has 0 amide bonds. The number of carbonyl (C=O) groups is 2. The van der Waals surface area contributed by atoms with E-state index in [-0.39, 0.29) is 19.8 Å². The number of halogens is 1. The minimum Gasteiger partial charge on any atom is -0.465 e. The smallest absolute Gasteiger partial charge is 0.465 e. The average Bonchev–Trinajstić information content (AvgIpc) is 2.23. The number of carbonyl (C=O) groups excluding carboxylic acids is 2. The predicted molar refractivity (Wildman–Crippen MR) is 51.7 cm³/mol. The van der Waals surface area contributed by atoms with E-state index in [9.17, 15) is 9.59 Å². The number of hydrogen-bond donors (Lipinski definition) is 0. The van der Waals surface area contributed by atoms with Gasteiger partial charge in [-0.2, -0.15) is 0 Å². The fourth-order valence-corrected chi connectivity index (χ4v) is 1.14. The Bertz CT molecular complexity index is 243. The van der Waals surface area contributed by atoms with Gasteiger partial charge in [-0.3, -0.25) is 4.79 Å². The van der Waals surface area contributed by atoms with Crippen molar-refractivity contribution < 1.29 is 23.8 Å². The summed E-state index contributed by atoms with van der Waals surface area (Å²) in [6.45, 7) is 1.88. The van der Waals surface area contributed by atoms with E-state index in [1.807, 2.05) is 0 Å².